The maximum atomic E-state index is 9.93. The van der Waals surface area contributed by atoms with E-state index in [0.29, 0.717) is 30.3 Å². The number of rotatable bonds is 9. The summed E-state index contributed by atoms with van der Waals surface area (Å²) in [7, 11) is 0. The van der Waals surface area contributed by atoms with Gasteiger partial charge in [-0.3, -0.25) is 0 Å². The van der Waals surface area contributed by atoms with E-state index in [0.717, 1.165) is 32.5 Å². The van der Waals surface area contributed by atoms with E-state index in [9.17, 15) is 5.11 Å². The maximum absolute atomic E-state index is 9.93. The van der Waals surface area contributed by atoms with Crippen molar-refractivity contribution >= 4 is 17.8 Å². The molecular weight excluding hydrogens is 268 g/mol. The Morgan fingerprint density at radius 2 is 1.71 bits per heavy atom. The average molecular weight is 294 g/mol. The molecule has 1 unspecified atom stereocenters. The quantitative estimate of drug-likeness (QED) is 0.633. The Bertz CT molecular complexity index is 447. The first-order valence-electron chi connectivity index (χ1n) is 7.84. The Balaban J connectivity index is 2.09. The number of aliphatic hydroxyl groups is 1. The van der Waals surface area contributed by atoms with Gasteiger partial charge in [-0.25, -0.2) is 0 Å². The summed E-state index contributed by atoms with van der Waals surface area (Å²) >= 11 is 0. The standard InChI is InChI=1S/C14H26N6O/c1-4-15-12-17-13(16-9-11(21)10-7-8-10)19-14(18-12)20(5-2)6-3/h10-11,21H,4-9H2,1-3H3,(H2,15,16,17,18,19). The summed E-state index contributed by atoms with van der Waals surface area (Å²) in [5.74, 6) is 2.18. The van der Waals surface area contributed by atoms with Gasteiger partial charge in [-0.05, 0) is 39.5 Å². The molecule has 7 heteroatoms. The molecule has 1 atom stereocenters. The van der Waals surface area contributed by atoms with Crippen molar-refractivity contribution in [2.24, 2.45) is 5.92 Å². The van der Waals surface area contributed by atoms with E-state index < -0.39 is 0 Å². The second-order valence-corrected chi connectivity index (χ2v) is 5.27. The number of anilines is 3. The molecule has 0 saturated heterocycles. The van der Waals surface area contributed by atoms with Crippen molar-refractivity contribution in [2.45, 2.75) is 39.7 Å². The van der Waals surface area contributed by atoms with Crippen molar-refractivity contribution < 1.29 is 5.11 Å². The van der Waals surface area contributed by atoms with Gasteiger partial charge in [0.15, 0.2) is 0 Å². The van der Waals surface area contributed by atoms with Gasteiger partial charge in [0, 0.05) is 26.2 Å². The molecule has 0 aromatic carbocycles. The van der Waals surface area contributed by atoms with E-state index in [1.165, 1.54) is 0 Å². The van der Waals surface area contributed by atoms with Gasteiger partial charge in [0.2, 0.25) is 17.8 Å². The predicted octanol–water partition coefficient (Wildman–Crippen LogP) is 1.33. The minimum Gasteiger partial charge on any atom is -0.391 e. The van der Waals surface area contributed by atoms with Crippen LogP contribution in [0.2, 0.25) is 0 Å². The Labute approximate surface area is 126 Å². The zero-order valence-corrected chi connectivity index (χ0v) is 13.1. The Morgan fingerprint density at radius 3 is 2.24 bits per heavy atom. The zero-order chi connectivity index (χ0) is 15.2. The molecule has 21 heavy (non-hydrogen) atoms. The van der Waals surface area contributed by atoms with Crippen LogP contribution in [0.4, 0.5) is 17.8 Å². The van der Waals surface area contributed by atoms with Crippen LogP contribution in [0.15, 0.2) is 0 Å². The minimum atomic E-state index is -0.318. The number of aromatic nitrogens is 3. The lowest BCUT2D eigenvalue weighted by Crippen LogP contribution is -2.27. The SMILES string of the molecule is CCNc1nc(NCC(O)C2CC2)nc(N(CC)CC)n1. The van der Waals surface area contributed by atoms with Crippen molar-refractivity contribution in [1.29, 1.82) is 0 Å². The highest BCUT2D eigenvalue weighted by molar-refractivity contribution is 5.43. The monoisotopic (exact) mass is 294 g/mol. The molecule has 0 radical (unpaired) electrons. The third kappa shape index (κ3) is 4.42. The molecule has 1 fully saturated rings. The first kappa shape index (κ1) is 15.8. The van der Waals surface area contributed by atoms with Crippen LogP contribution in [0.3, 0.4) is 0 Å². The highest BCUT2D eigenvalue weighted by Gasteiger charge is 2.29. The number of nitrogens with one attached hydrogen (secondary N) is 2. The van der Waals surface area contributed by atoms with Gasteiger partial charge in [0.1, 0.15) is 0 Å². The van der Waals surface area contributed by atoms with Crippen LogP contribution in [-0.2, 0) is 0 Å². The Hall–Kier alpha value is -1.63. The first-order chi connectivity index (χ1) is 10.2. The molecule has 1 aliphatic carbocycles. The normalized spacial score (nSPS) is 15.6. The smallest absolute Gasteiger partial charge is 0.231 e. The third-order valence-corrected chi connectivity index (χ3v) is 3.64. The fourth-order valence-electron chi connectivity index (χ4n) is 2.17. The topological polar surface area (TPSA) is 86.2 Å². The summed E-state index contributed by atoms with van der Waals surface area (Å²) in [4.78, 5) is 15.3. The lowest BCUT2D eigenvalue weighted by atomic mass is 10.2. The van der Waals surface area contributed by atoms with Crippen molar-refractivity contribution in [3.05, 3.63) is 0 Å². The summed E-state index contributed by atoms with van der Waals surface area (Å²) in [5, 5.41) is 16.2. The number of aliphatic hydroxyl groups excluding tert-OH is 1. The van der Waals surface area contributed by atoms with E-state index >= 15 is 0 Å². The van der Waals surface area contributed by atoms with Crippen LogP contribution in [0.1, 0.15) is 33.6 Å². The van der Waals surface area contributed by atoms with E-state index in [1.54, 1.807) is 0 Å². The van der Waals surface area contributed by atoms with Crippen molar-refractivity contribution in [3.8, 4) is 0 Å². The molecule has 1 aliphatic rings. The number of hydrogen-bond acceptors (Lipinski definition) is 7. The maximum Gasteiger partial charge on any atom is 0.231 e. The molecule has 1 aromatic heterocycles. The van der Waals surface area contributed by atoms with Crippen LogP contribution < -0.4 is 15.5 Å². The van der Waals surface area contributed by atoms with Crippen molar-refractivity contribution in [2.75, 3.05) is 41.7 Å². The van der Waals surface area contributed by atoms with Crippen LogP contribution in [0, 0.1) is 5.92 Å². The molecule has 1 saturated carbocycles. The third-order valence-electron chi connectivity index (χ3n) is 3.64. The summed E-state index contributed by atoms with van der Waals surface area (Å²) in [6.07, 6.45) is 1.92. The Morgan fingerprint density at radius 1 is 1.10 bits per heavy atom. The predicted molar refractivity (Wildman–Crippen MR) is 84.8 cm³/mol. The molecule has 118 valence electrons. The summed E-state index contributed by atoms with van der Waals surface area (Å²) in [6.45, 7) is 9.08. The molecule has 1 heterocycles. The molecule has 0 bridgehead atoms. The van der Waals surface area contributed by atoms with Crippen LogP contribution >= 0.6 is 0 Å². The van der Waals surface area contributed by atoms with E-state index in [2.05, 4.69) is 44.3 Å². The number of nitrogens with zero attached hydrogens (tertiary/aromatic N) is 4. The van der Waals surface area contributed by atoms with Crippen LogP contribution in [0.25, 0.3) is 0 Å². The summed E-state index contributed by atoms with van der Waals surface area (Å²) in [5.41, 5.74) is 0. The first-order valence-corrected chi connectivity index (χ1v) is 7.84. The minimum absolute atomic E-state index is 0.318. The average Bonchev–Trinajstić information content (AvgIpc) is 3.31. The van der Waals surface area contributed by atoms with Gasteiger partial charge in [-0.15, -0.1) is 0 Å². The van der Waals surface area contributed by atoms with E-state index in [1.807, 2.05) is 6.92 Å². The summed E-state index contributed by atoms with van der Waals surface area (Å²) in [6, 6.07) is 0. The van der Waals surface area contributed by atoms with Crippen LogP contribution in [0.5, 0.6) is 0 Å². The van der Waals surface area contributed by atoms with Crippen molar-refractivity contribution in [3.63, 3.8) is 0 Å². The lowest BCUT2D eigenvalue weighted by Gasteiger charge is -2.20. The van der Waals surface area contributed by atoms with Gasteiger partial charge >= 0.3 is 0 Å². The molecular formula is C14H26N6O. The molecule has 0 amide bonds. The van der Waals surface area contributed by atoms with Gasteiger partial charge in [-0.2, -0.15) is 15.0 Å². The molecule has 7 nitrogen and oxygen atoms in total. The zero-order valence-electron chi connectivity index (χ0n) is 13.1. The van der Waals surface area contributed by atoms with Gasteiger partial charge in [0.25, 0.3) is 0 Å². The second kappa shape index (κ2) is 7.40. The fourth-order valence-corrected chi connectivity index (χ4v) is 2.17. The molecule has 3 N–H and O–H groups in total. The Kier molecular flexibility index (Phi) is 5.55. The molecule has 1 aromatic rings. The fraction of sp³-hybridized carbons (Fsp3) is 0.786. The molecule has 0 aliphatic heterocycles. The highest BCUT2D eigenvalue weighted by atomic mass is 16.3. The van der Waals surface area contributed by atoms with Gasteiger partial charge < -0.3 is 20.6 Å². The molecule has 0 spiro atoms. The molecule has 2 rings (SSSR count). The highest BCUT2D eigenvalue weighted by Crippen LogP contribution is 2.32. The lowest BCUT2D eigenvalue weighted by molar-refractivity contribution is 0.164. The van der Waals surface area contributed by atoms with E-state index in [-0.39, 0.29) is 6.10 Å². The largest absolute Gasteiger partial charge is 0.391 e. The van der Waals surface area contributed by atoms with Crippen molar-refractivity contribution in [1.82, 2.24) is 15.0 Å². The van der Waals surface area contributed by atoms with Crippen LogP contribution in [-0.4, -0.2) is 52.3 Å². The van der Waals surface area contributed by atoms with Gasteiger partial charge in [-0.1, -0.05) is 0 Å². The number of hydrogen-bond donors (Lipinski definition) is 3. The second-order valence-electron chi connectivity index (χ2n) is 5.27. The van der Waals surface area contributed by atoms with Gasteiger partial charge in [0.05, 0.1) is 6.10 Å². The van der Waals surface area contributed by atoms with E-state index in [4.69, 9.17) is 0 Å². The summed E-state index contributed by atoms with van der Waals surface area (Å²) < 4.78 is 0.